The molecule has 1 aliphatic heterocycles. The van der Waals surface area contributed by atoms with E-state index >= 15 is 0 Å². The summed E-state index contributed by atoms with van der Waals surface area (Å²) in [6.45, 7) is 2.67. The molecule has 0 saturated carbocycles. The Bertz CT molecular complexity index is 1490. The van der Waals surface area contributed by atoms with E-state index in [1.54, 1.807) is 42.6 Å². The summed E-state index contributed by atoms with van der Waals surface area (Å²) in [6, 6.07) is 13.3. The number of fused-ring (bicyclic) bond motifs is 2. The SMILES string of the molecule is CCCCCOc1ccc(C2c3c(oc4ccc(F)cc4c3=O)C(=O)N2c2ccccn2)cc1OC. The van der Waals surface area contributed by atoms with Crippen molar-refractivity contribution in [3.63, 3.8) is 0 Å². The Labute approximate surface area is 207 Å². The highest BCUT2D eigenvalue weighted by Gasteiger charge is 2.44. The second kappa shape index (κ2) is 9.81. The summed E-state index contributed by atoms with van der Waals surface area (Å²) in [7, 11) is 1.53. The molecule has 1 atom stereocenters. The topological polar surface area (TPSA) is 81.9 Å². The van der Waals surface area contributed by atoms with Crippen LogP contribution in [0.15, 0.2) is 70.0 Å². The normalized spacial score (nSPS) is 14.8. The van der Waals surface area contributed by atoms with Crippen LogP contribution in [0.5, 0.6) is 11.5 Å². The molecule has 0 aliphatic carbocycles. The molecule has 2 aromatic heterocycles. The van der Waals surface area contributed by atoms with E-state index in [0.29, 0.717) is 29.5 Å². The Kier molecular flexibility index (Phi) is 6.41. The van der Waals surface area contributed by atoms with Gasteiger partial charge in [-0.25, -0.2) is 9.37 Å². The Morgan fingerprint density at radius 1 is 1.06 bits per heavy atom. The summed E-state index contributed by atoms with van der Waals surface area (Å²) in [5.41, 5.74) is 0.404. The lowest BCUT2D eigenvalue weighted by atomic mass is 9.98. The number of aromatic nitrogens is 1. The third kappa shape index (κ3) is 4.08. The monoisotopic (exact) mass is 488 g/mol. The van der Waals surface area contributed by atoms with Gasteiger partial charge in [-0.2, -0.15) is 0 Å². The minimum absolute atomic E-state index is 0.0669. The number of hydrogen-bond donors (Lipinski definition) is 0. The molecule has 1 unspecified atom stereocenters. The van der Waals surface area contributed by atoms with Gasteiger partial charge < -0.3 is 13.9 Å². The van der Waals surface area contributed by atoms with E-state index in [0.717, 1.165) is 25.3 Å². The number of carbonyl (C=O) groups excluding carboxylic acids is 1. The molecule has 1 amide bonds. The van der Waals surface area contributed by atoms with Crippen LogP contribution in [0, 0.1) is 5.82 Å². The molecule has 0 radical (unpaired) electrons. The lowest BCUT2D eigenvalue weighted by Gasteiger charge is -2.25. The van der Waals surface area contributed by atoms with Crippen LogP contribution in [0.3, 0.4) is 0 Å². The summed E-state index contributed by atoms with van der Waals surface area (Å²) in [6.07, 6.45) is 4.63. The molecule has 0 spiro atoms. The molecule has 3 heterocycles. The number of rotatable bonds is 8. The van der Waals surface area contributed by atoms with Crippen molar-refractivity contribution in [1.82, 2.24) is 4.98 Å². The van der Waals surface area contributed by atoms with Crippen molar-refractivity contribution in [1.29, 1.82) is 0 Å². The largest absolute Gasteiger partial charge is 0.493 e. The molecule has 0 saturated heterocycles. The van der Waals surface area contributed by atoms with Crippen LogP contribution in [0.4, 0.5) is 10.2 Å². The Morgan fingerprint density at radius 3 is 2.67 bits per heavy atom. The van der Waals surface area contributed by atoms with Gasteiger partial charge in [0.05, 0.1) is 30.7 Å². The summed E-state index contributed by atoms with van der Waals surface area (Å²) in [5.74, 6) is 0.237. The van der Waals surface area contributed by atoms with E-state index in [9.17, 15) is 14.0 Å². The molecular formula is C28H25FN2O5. The average molecular weight is 489 g/mol. The van der Waals surface area contributed by atoms with Gasteiger partial charge in [-0.3, -0.25) is 14.5 Å². The van der Waals surface area contributed by atoms with Gasteiger partial charge >= 0.3 is 0 Å². The fourth-order valence-electron chi connectivity index (χ4n) is 4.50. The molecule has 4 aromatic rings. The number of anilines is 1. The zero-order chi connectivity index (χ0) is 25.2. The van der Waals surface area contributed by atoms with Crippen LogP contribution in [0.1, 0.15) is 53.9 Å². The van der Waals surface area contributed by atoms with Crippen molar-refractivity contribution in [3.8, 4) is 11.5 Å². The quantitative estimate of drug-likeness (QED) is 0.298. The summed E-state index contributed by atoms with van der Waals surface area (Å²) in [5, 5.41) is 0.0669. The van der Waals surface area contributed by atoms with E-state index in [1.165, 1.54) is 24.1 Å². The third-order valence-corrected chi connectivity index (χ3v) is 6.24. The first-order chi connectivity index (χ1) is 17.5. The minimum Gasteiger partial charge on any atom is -0.493 e. The van der Waals surface area contributed by atoms with Crippen molar-refractivity contribution in [2.45, 2.75) is 32.2 Å². The van der Waals surface area contributed by atoms with Gasteiger partial charge in [0.2, 0.25) is 5.76 Å². The van der Waals surface area contributed by atoms with Crippen molar-refractivity contribution < 1.29 is 23.1 Å². The molecule has 1 aliphatic rings. The smallest absolute Gasteiger partial charge is 0.296 e. The number of ether oxygens (including phenoxy) is 2. The third-order valence-electron chi connectivity index (χ3n) is 6.24. The van der Waals surface area contributed by atoms with Gasteiger partial charge in [0.15, 0.2) is 16.9 Å². The predicted octanol–water partition coefficient (Wildman–Crippen LogP) is 5.65. The van der Waals surface area contributed by atoms with Crippen LogP contribution in [0.25, 0.3) is 11.0 Å². The van der Waals surface area contributed by atoms with Gasteiger partial charge in [-0.1, -0.05) is 31.9 Å². The molecule has 7 nitrogen and oxygen atoms in total. The van der Waals surface area contributed by atoms with Crippen LogP contribution < -0.4 is 19.8 Å². The number of pyridine rings is 1. The number of nitrogens with zero attached hydrogens (tertiary/aromatic N) is 2. The first-order valence-electron chi connectivity index (χ1n) is 11.8. The lowest BCUT2D eigenvalue weighted by Crippen LogP contribution is -2.30. The van der Waals surface area contributed by atoms with Gasteiger partial charge in [0.1, 0.15) is 17.2 Å². The number of amides is 1. The molecule has 0 N–H and O–H groups in total. The van der Waals surface area contributed by atoms with E-state index in [2.05, 4.69) is 11.9 Å². The number of benzene rings is 2. The molecule has 5 rings (SSSR count). The maximum absolute atomic E-state index is 14.0. The molecule has 2 aromatic carbocycles. The number of halogens is 1. The second-order valence-corrected chi connectivity index (χ2v) is 8.55. The Balaban J connectivity index is 1.67. The summed E-state index contributed by atoms with van der Waals surface area (Å²) < 4.78 is 31.4. The standard InChI is InChI=1S/C28H25FN2O5/c1-3-4-7-14-35-21-11-9-17(15-22(21)34-2)25-24-26(32)19-16-18(29)10-12-20(19)36-27(24)28(33)31(25)23-8-5-6-13-30-23/h5-6,8-13,15-16,25H,3-4,7,14H2,1-2H3. The van der Waals surface area contributed by atoms with Crippen LogP contribution in [-0.4, -0.2) is 24.6 Å². The van der Waals surface area contributed by atoms with Crippen molar-refractivity contribution in [3.05, 3.63) is 93.7 Å². The predicted molar refractivity (Wildman–Crippen MR) is 133 cm³/mol. The van der Waals surface area contributed by atoms with Crippen LogP contribution >= 0.6 is 0 Å². The number of methoxy groups -OCH3 is 1. The Hall–Kier alpha value is -4.20. The highest BCUT2D eigenvalue weighted by Crippen LogP contribution is 2.42. The average Bonchev–Trinajstić information content (AvgIpc) is 3.20. The maximum atomic E-state index is 14.0. The van der Waals surface area contributed by atoms with Crippen LogP contribution in [0.2, 0.25) is 0 Å². The fraction of sp³-hybridized carbons (Fsp3) is 0.250. The first-order valence-corrected chi connectivity index (χ1v) is 11.8. The van der Waals surface area contributed by atoms with Crippen molar-refractivity contribution in [2.75, 3.05) is 18.6 Å². The fourth-order valence-corrected chi connectivity index (χ4v) is 4.50. The molecule has 0 fully saturated rings. The van der Waals surface area contributed by atoms with Gasteiger partial charge in [-0.15, -0.1) is 0 Å². The number of unbranched alkanes of at least 4 members (excludes halogenated alkanes) is 2. The van der Waals surface area contributed by atoms with Gasteiger partial charge in [0, 0.05) is 6.20 Å². The highest BCUT2D eigenvalue weighted by molar-refractivity contribution is 6.10. The Morgan fingerprint density at radius 2 is 1.92 bits per heavy atom. The van der Waals surface area contributed by atoms with E-state index < -0.39 is 23.2 Å². The van der Waals surface area contributed by atoms with Crippen molar-refractivity contribution >= 4 is 22.7 Å². The number of carbonyl (C=O) groups is 1. The van der Waals surface area contributed by atoms with E-state index in [-0.39, 0.29) is 22.3 Å². The lowest BCUT2D eigenvalue weighted by molar-refractivity contribution is 0.0970. The van der Waals surface area contributed by atoms with E-state index in [1.807, 2.05) is 0 Å². The van der Waals surface area contributed by atoms with Crippen LogP contribution in [-0.2, 0) is 0 Å². The van der Waals surface area contributed by atoms with Gasteiger partial charge in [-0.05, 0) is 54.4 Å². The van der Waals surface area contributed by atoms with Crippen molar-refractivity contribution in [2.24, 2.45) is 0 Å². The zero-order valence-corrected chi connectivity index (χ0v) is 20.0. The summed E-state index contributed by atoms with van der Waals surface area (Å²) >= 11 is 0. The molecule has 0 bridgehead atoms. The van der Waals surface area contributed by atoms with Gasteiger partial charge in [0.25, 0.3) is 5.91 Å². The highest BCUT2D eigenvalue weighted by atomic mass is 19.1. The molecule has 8 heteroatoms. The minimum atomic E-state index is -0.852. The molecular weight excluding hydrogens is 463 g/mol. The number of hydrogen-bond acceptors (Lipinski definition) is 6. The molecule has 36 heavy (non-hydrogen) atoms. The van der Waals surface area contributed by atoms with E-state index in [4.69, 9.17) is 13.9 Å². The first kappa shape index (κ1) is 23.5. The zero-order valence-electron chi connectivity index (χ0n) is 20.0. The second-order valence-electron chi connectivity index (χ2n) is 8.55. The summed E-state index contributed by atoms with van der Waals surface area (Å²) in [4.78, 5) is 33.0. The molecule has 184 valence electrons. The maximum Gasteiger partial charge on any atom is 0.296 e.